The minimum atomic E-state index is -1.04. The normalized spacial score (nSPS) is 12.5. The summed E-state index contributed by atoms with van der Waals surface area (Å²) in [6.07, 6.45) is 1.17. The van der Waals surface area contributed by atoms with Crippen molar-refractivity contribution in [2.45, 2.75) is 46.6 Å². The standard InChI is InChI=1S/C13H22N4O3S/c1-7(2)5-9(11(18)19)14-12(20)15-13-17-16-10(21-13)6-8(3)4/h7-9H,5-6H2,1-4H3,(H,18,19)(H2,14,15,17,20)/t9-/m0/s1. The Hall–Kier alpha value is -1.70. The number of hydrogen-bond donors (Lipinski definition) is 3. The molecule has 3 N–H and O–H groups in total. The van der Waals surface area contributed by atoms with E-state index in [1.807, 2.05) is 13.8 Å². The lowest BCUT2D eigenvalue weighted by molar-refractivity contribution is -0.139. The van der Waals surface area contributed by atoms with Crippen LogP contribution in [-0.4, -0.2) is 33.3 Å². The molecule has 1 rings (SSSR count). The Morgan fingerprint density at radius 3 is 2.38 bits per heavy atom. The van der Waals surface area contributed by atoms with E-state index in [0.29, 0.717) is 17.5 Å². The SMILES string of the molecule is CC(C)Cc1nnc(NC(=O)N[C@@H](CC(C)C)C(=O)O)s1. The highest BCUT2D eigenvalue weighted by Crippen LogP contribution is 2.18. The number of carbonyl (C=O) groups excluding carboxylic acids is 1. The number of hydrogen-bond acceptors (Lipinski definition) is 5. The molecule has 118 valence electrons. The lowest BCUT2D eigenvalue weighted by Crippen LogP contribution is -2.43. The number of nitrogens with zero attached hydrogens (tertiary/aromatic N) is 2. The van der Waals surface area contributed by atoms with Crippen LogP contribution in [0.2, 0.25) is 0 Å². The molecule has 0 radical (unpaired) electrons. The molecular formula is C13H22N4O3S. The number of amides is 2. The first-order chi connectivity index (χ1) is 9.77. The van der Waals surface area contributed by atoms with Crippen LogP contribution < -0.4 is 10.6 Å². The van der Waals surface area contributed by atoms with Crippen molar-refractivity contribution in [2.75, 3.05) is 5.32 Å². The fourth-order valence-corrected chi connectivity index (χ4v) is 2.67. The van der Waals surface area contributed by atoms with Gasteiger partial charge in [-0.2, -0.15) is 0 Å². The monoisotopic (exact) mass is 314 g/mol. The van der Waals surface area contributed by atoms with E-state index in [1.54, 1.807) is 0 Å². The second-order valence-corrected chi connectivity index (χ2v) is 6.78. The first-order valence-electron chi connectivity index (χ1n) is 6.90. The summed E-state index contributed by atoms with van der Waals surface area (Å²) in [5.74, 6) is -0.413. The number of nitrogens with one attached hydrogen (secondary N) is 2. The summed E-state index contributed by atoms with van der Waals surface area (Å²) in [6, 6.07) is -1.48. The second kappa shape index (κ2) is 7.92. The molecule has 1 heterocycles. The molecule has 0 aliphatic rings. The van der Waals surface area contributed by atoms with Crippen LogP contribution in [0.1, 0.15) is 39.1 Å². The van der Waals surface area contributed by atoms with E-state index in [4.69, 9.17) is 5.11 Å². The predicted molar refractivity (Wildman–Crippen MR) is 81.5 cm³/mol. The average molecular weight is 314 g/mol. The van der Waals surface area contributed by atoms with Crippen molar-refractivity contribution in [3.05, 3.63) is 5.01 Å². The minimum Gasteiger partial charge on any atom is -0.480 e. The fraction of sp³-hybridized carbons (Fsp3) is 0.692. The molecule has 2 amide bonds. The topological polar surface area (TPSA) is 104 Å². The molecule has 0 saturated heterocycles. The first-order valence-corrected chi connectivity index (χ1v) is 7.72. The Morgan fingerprint density at radius 2 is 1.86 bits per heavy atom. The van der Waals surface area contributed by atoms with E-state index in [9.17, 15) is 9.59 Å². The maximum Gasteiger partial charge on any atom is 0.326 e. The van der Waals surface area contributed by atoms with Gasteiger partial charge in [0, 0.05) is 6.42 Å². The molecule has 1 aromatic rings. The summed E-state index contributed by atoms with van der Waals surface area (Å²) < 4.78 is 0. The van der Waals surface area contributed by atoms with Gasteiger partial charge in [0.2, 0.25) is 5.13 Å². The maximum atomic E-state index is 11.8. The van der Waals surface area contributed by atoms with Crippen molar-refractivity contribution in [2.24, 2.45) is 11.8 Å². The van der Waals surface area contributed by atoms with E-state index in [2.05, 4.69) is 34.7 Å². The van der Waals surface area contributed by atoms with Crippen molar-refractivity contribution < 1.29 is 14.7 Å². The summed E-state index contributed by atoms with van der Waals surface area (Å²) in [6.45, 7) is 7.95. The zero-order chi connectivity index (χ0) is 16.0. The smallest absolute Gasteiger partial charge is 0.326 e. The Morgan fingerprint density at radius 1 is 1.19 bits per heavy atom. The quantitative estimate of drug-likeness (QED) is 0.716. The van der Waals surface area contributed by atoms with Gasteiger partial charge in [0.25, 0.3) is 0 Å². The predicted octanol–water partition coefficient (Wildman–Crippen LogP) is 2.36. The van der Waals surface area contributed by atoms with Gasteiger partial charge in [0.15, 0.2) is 0 Å². The number of carbonyl (C=O) groups is 2. The third kappa shape index (κ3) is 6.52. The van der Waals surface area contributed by atoms with E-state index >= 15 is 0 Å². The highest BCUT2D eigenvalue weighted by atomic mass is 32.1. The van der Waals surface area contributed by atoms with Gasteiger partial charge in [-0.3, -0.25) is 5.32 Å². The lowest BCUT2D eigenvalue weighted by atomic mass is 10.0. The number of carboxylic acid groups (broad SMARTS) is 1. The molecule has 1 aromatic heterocycles. The van der Waals surface area contributed by atoms with Crippen molar-refractivity contribution in [3.63, 3.8) is 0 Å². The van der Waals surface area contributed by atoms with Gasteiger partial charge in [-0.15, -0.1) is 10.2 Å². The van der Waals surface area contributed by atoms with Crippen LogP contribution in [0.4, 0.5) is 9.93 Å². The van der Waals surface area contributed by atoms with Gasteiger partial charge in [0.05, 0.1) is 0 Å². The molecule has 0 bridgehead atoms. The molecule has 1 atom stereocenters. The summed E-state index contributed by atoms with van der Waals surface area (Å²) in [5, 5.41) is 23.1. The third-order valence-electron chi connectivity index (χ3n) is 2.58. The lowest BCUT2D eigenvalue weighted by Gasteiger charge is -2.16. The first kappa shape index (κ1) is 17.4. The fourth-order valence-electron chi connectivity index (χ4n) is 1.72. The molecule has 0 spiro atoms. The summed E-state index contributed by atoms with van der Waals surface area (Å²) in [5.41, 5.74) is 0. The van der Waals surface area contributed by atoms with Crippen LogP contribution >= 0.6 is 11.3 Å². The van der Waals surface area contributed by atoms with Crippen LogP contribution in [0.25, 0.3) is 0 Å². The van der Waals surface area contributed by atoms with Gasteiger partial charge in [-0.1, -0.05) is 39.0 Å². The van der Waals surface area contributed by atoms with Crippen molar-refractivity contribution in [3.8, 4) is 0 Å². The molecular weight excluding hydrogens is 292 g/mol. The zero-order valence-electron chi connectivity index (χ0n) is 12.7. The number of carboxylic acids is 1. The summed E-state index contributed by atoms with van der Waals surface area (Å²) in [7, 11) is 0. The average Bonchev–Trinajstić information content (AvgIpc) is 2.73. The Kier molecular flexibility index (Phi) is 6.54. The molecule has 0 saturated carbocycles. The molecule has 0 unspecified atom stereocenters. The molecule has 0 aliphatic carbocycles. The Balaban J connectivity index is 2.55. The summed E-state index contributed by atoms with van der Waals surface area (Å²) >= 11 is 1.30. The van der Waals surface area contributed by atoms with E-state index < -0.39 is 18.0 Å². The molecule has 8 heteroatoms. The van der Waals surface area contributed by atoms with E-state index in [1.165, 1.54) is 11.3 Å². The second-order valence-electron chi connectivity index (χ2n) is 5.72. The van der Waals surface area contributed by atoms with Crippen LogP contribution in [0.3, 0.4) is 0 Å². The molecule has 21 heavy (non-hydrogen) atoms. The number of aromatic nitrogens is 2. The number of anilines is 1. The van der Waals surface area contributed by atoms with Gasteiger partial charge in [-0.25, -0.2) is 9.59 Å². The molecule has 0 aromatic carbocycles. The molecule has 0 aliphatic heterocycles. The highest BCUT2D eigenvalue weighted by molar-refractivity contribution is 7.15. The van der Waals surface area contributed by atoms with Gasteiger partial charge >= 0.3 is 12.0 Å². The Bertz CT molecular complexity index is 488. The van der Waals surface area contributed by atoms with E-state index in [0.717, 1.165) is 11.4 Å². The molecule has 0 fully saturated rings. The third-order valence-corrected chi connectivity index (χ3v) is 3.44. The van der Waals surface area contributed by atoms with Crippen LogP contribution in [-0.2, 0) is 11.2 Å². The van der Waals surface area contributed by atoms with Crippen LogP contribution in [0.5, 0.6) is 0 Å². The highest BCUT2D eigenvalue weighted by Gasteiger charge is 2.21. The maximum absolute atomic E-state index is 11.8. The van der Waals surface area contributed by atoms with Gasteiger partial charge < -0.3 is 10.4 Å². The number of rotatable bonds is 7. The van der Waals surface area contributed by atoms with Gasteiger partial charge in [-0.05, 0) is 18.3 Å². The van der Waals surface area contributed by atoms with Crippen molar-refractivity contribution in [1.82, 2.24) is 15.5 Å². The van der Waals surface area contributed by atoms with Crippen molar-refractivity contribution in [1.29, 1.82) is 0 Å². The van der Waals surface area contributed by atoms with Gasteiger partial charge in [0.1, 0.15) is 11.0 Å². The van der Waals surface area contributed by atoms with E-state index in [-0.39, 0.29) is 5.92 Å². The number of urea groups is 1. The van der Waals surface area contributed by atoms with Crippen LogP contribution in [0.15, 0.2) is 0 Å². The molecule has 7 nitrogen and oxygen atoms in total. The zero-order valence-corrected chi connectivity index (χ0v) is 13.5. The largest absolute Gasteiger partial charge is 0.480 e. The number of aliphatic carboxylic acids is 1. The van der Waals surface area contributed by atoms with Crippen LogP contribution in [0, 0.1) is 11.8 Å². The van der Waals surface area contributed by atoms with Crippen molar-refractivity contribution >= 4 is 28.5 Å². The summed E-state index contributed by atoms with van der Waals surface area (Å²) in [4.78, 5) is 22.9. The Labute approximate surface area is 128 Å². The minimum absolute atomic E-state index is 0.172.